The molecule has 12 heteroatoms. The quantitative estimate of drug-likeness (QED) is 0.296. The van der Waals surface area contributed by atoms with Crippen LogP contribution in [0, 0.1) is 30.6 Å². The molecule has 0 rings (SSSR count). The molecule has 0 radical (unpaired) electrons. The van der Waals surface area contributed by atoms with Crippen molar-refractivity contribution in [2.45, 2.75) is 0 Å². The summed E-state index contributed by atoms with van der Waals surface area (Å²) in [5, 5.41) is 29.5. The minimum atomic E-state index is -1.75. The molecule has 0 fully saturated rings. The van der Waals surface area contributed by atoms with Gasteiger partial charge in [-0.3, -0.25) is 0 Å². The van der Waals surface area contributed by atoms with E-state index in [9.17, 15) is 0 Å². The van der Waals surface area contributed by atoms with Gasteiger partial charge in [0.2, 0.25) is 0 Å². The molecule has 0 aliphatic carbocycles. The Labute approximate surface area is 83.3 Å². The molecule has 0 heterocycles. The summed E-state index contributed by atoms with van der Waals surface area (Å²) < 4.78 is 0. The summed E-state index contributed by atoms with van der Waals surface area (Å²) in [4.78, 5) is 25.5. The van der Waals surface area contributed by atoms with Crippen LogP contribution in [0.15, 0.2) is 0 Å². The number of amides is 2. The molecule has 72 valence electrons. The van der Waals surface area contributed by atoms with Crippen molar-refractivity contribution in [3.8, 4) is 0 Å². The van der Waals surface area contributed by atoms with Crippen molar-refractivity contribution >= 4 is 6.03 Å². The first-order valence-corrected chi connectivity index (χ1v) is 1.88. The molecule has 2 amide bonds. The molecule has 13 heavy (non-hydrogen) atoms. The number of hydrogen-bond acceptors (Lipinski definition) is 7. The minimum absolute atomic E-state index is 0. The molecule has 0 saturated heterocycles. The molecule has 11 nitrogen and oxygen atoms in total. The van der Waals surface area contributed by atoms with E-state index in [2.05, 4.69) is 11.5 Å². The van der Waals surface area contributed by atoms with E-state index in [-0.39, 0.29) is 19.5 Å². The fourth-order valence-corrected chi connectivity index (χ4v) is 0. The van der Waals surface area contributed by atoms with Crippen LogP contribution in [0.4, 0.5) is 4.79 Å². The zero-order chi connectivity index (χ0) is 10.7. The Morgan fingerprint density at radius 1 is 0.923 bits per heavy atom. The summed E-state index contributed by atoms with van der Waals surface area (Å²) >= 11 is 0. The molecule has 0 spiro atoms. The molecule has 0 aromatic heterocycles. The van der Waals surface area contributed by atoms with Gasteiger partial charge in [-0.1, -0.05) is 0 Å². The van der Waals surface area contributed by atoms with Crippen LogP contribution in [0.3, 0.4) is 0 Å². The maximum atomic E-state index is 9.00. The Balaban J connectivity index is -0.0000000450. The van der Waals surface area contributed by atoms with Crippen molar-refractivity contribution in [2.75, 3.05) is 0 Å². The van der Waals surface area contributed by atoms with Gasteiger partial charge in [-0.05, 0) is 0 Å². The molecule has 0 aliphatic rings. The zero-order valence-corrected chi connectivity index (χ0v) is 9.08. The van der Waals surface area contributed by atoms with Gasteiger partial charge >= 0.3 is 25.5 Å². The SMILES string of the molecule is NC(N)=O.O=[N+]([O-])[O-].O=[N+]([O-])[O-].[Zn+2]. The van der Waals surface area contributed by atoms with Crippen molar-refractivity contribution in [1.29, 1.82) is 0 Å². The number of carbonyl (C=O) groups excluding carboxylic acids is 1. The van der Waals surface area contributed by atoms with E-state index in [0.717, 1.165) is 0 Å². The third kappa shape index (κ3) is 243. The second-order valence-electron chi connectivity index (χ2n) is 0.850. The molecule has 0 aliphatic heterocycles. The maximum Gasteiger partial charge on any atom is 2.00 e. The van der Waals surface area contributed by atoms with Crippen LogP contribution in [0.25, 0.3) is 0 Å². The number of primary amides is 2. The number of nitrogens with zero attached hydrogens (tertiary/aromatic N) is 2. The van der Waals surface area contributed by atoms with Gasteiger partial charge in [-0.2, -0.15) is 0 Å². The summed E-state index contributed by atoms with van der Waals surface area (Å²) in [5.74, 6) is 0. The normalized spacial score (nSPS) is 5.54. The number of rotatable bonds is 0. The first-order chi connectivity index (χ1) is 5.20. The van der Waals surface area contributed by atoms with Crippen LogP contribution in [-0.4, -0.2) is 16.2 Å². The molecule has 4 N–H and O–H groups in total. The monoisotopic (exact) mass is 248 g/mol. The van der Waals surface area contributed by atoms with E-state index < -0.39 is 16.2 Å². The van der Waals surface area contributed by atoms with Crippen LogP contribution >= 0.6 is 0 Å². The molecule has 0 atom stereocenters. The zero-order valence-electron chi connectivity index (χ0n) is 6.11. The van der Waals surface area contributed by atoms with E-state index in [1.165, 1.54) is 0 Å². The first kappa shape index (κ1) is 22.5. The van der Waals surface area contributed by atoms with E-state index in [1.54, 1.807) is 0 Å². The molecular formula is CH4N4O7Zn. The van der Waals surface area contributed by atoms with Gasteiger partial charge in [0.25, 0.3) is 0 Å². The van der Waals surface area contributed by atoms with Crippen LogP contribution in [-0.2, 0) is 19.5 Å². The summed E-state index contributed by atoms with van der Waals surface area (Å²) in [6.07, 6.45) is 0. The fraction of sp³-hybridized carbons (Fsp3) is 0. The van der Waals surface area contributed by atoms with Crippen molar-refractivity contribution in [3.63, 3.8) is 0 Å². The van der Waals surface area contributed by atoms with Crippen LogP contribution in [0.2, 0.25) is 0 Å². The Morgan fingerprint density at radius 2 is 0.923 bits per heavy atom. The fourth-order valence-electron chi connectivity index (χ4n) is 0. The van der Waals surface area contributed by atoms with Crippen LogP contribution in [0.1, 0.15) is 0 Å². The standard InChI is InChI=1S/CH4N2O.2NO3.Zn/c3*2-1(3)4;/h(H4,2,3,4);;;/q;2*-1;+2. The maximum absolute atomic E-state index is 9.00. The van der Waals surface area contributed by atoms with E-state index in [0.29, 0.717) is 0 Å². The summed E-state index contributed by atoms with van der Waals surface area (Å²) in [5.41, 5.74) is 8.50. The third-order valence-corrected chi connectivity index (χ3v) is 0. The molecule has 0 aromatic carbocycles. The first-order valence-electron chi connectivity index (χ1n) is 1.88. The summed E-state index contributed by atoms with van der Waals surface area (Å²) in [6.45, 7) is 0. The summed E-state index contributed by atoms with van der Waals surface area (Å²) in [6, 6.07) is -0.833. The number of carbonyl (C=O) groups is 1. The van der Waals surface area contributed by atoms with Gasteiger partial charge in [0, 0.05) is 0 Å². The largest absolute Gasteiger partial charge is 2.00 e. The molecule has 0 aromatic rings. The van der Waals surface area contributed by atoms with E-state index in [4.69, 9.17) is 35.4 Å². The molecule has 0 unspecified atom stereocenters. The minimum Gasteiger partial charge on any atom is -0.356 e. The van der Waals surface area contributed by atoms with Crippen molar-refractivity contribution < 1.29 is 34.4 Å². The van der Waals surface area contributed by atoms with Crippen molar-refractivity contribution in [1.82, 2.24) is 0 Å². The number of hydrogen-bond donors (Lipinski definition) is 2. The molecule has 0 bridgehead atoms. The Kier molecular flexibility index (Phi) is 28.9. The summed E-state index contributed by atoms with van der Waals surface area (Å²) in [7, 11) is 0. The molecule has 0 saturated carbocycles. The third-order valence-electron chi connectivity index (χ3n) is 0. The van der Waals surface area contributed by atoms with Gasteiger partial charge in [0.15, 0.2) is 0 Å². The van der Waals surface area contributed by atoms with Gasteiger partial charge in [-0.15, -0.1) is 0 Å². The Hall–Kier alpha value is -1.71. The average molecular weight is 249 g/mol. The van der Waals surface area contributed by atoms with E-state index in [1.807, 2.05) is 0 Å². The molecular weight excluding hydrogens is 245 g/mol. The van der Waals surface area contributed by atoms with E-state index >= 15 is 0 Å². The second-order valence-corrected chi connectivity index (χ2v) is 0.850. The van der Waals surface area contributed by atoms with Crippen molar-refractivity contribution in [2.24, 2.45) is 11.5 Å². The van der Waals surface area contributed by atoms with Gasteiger partial charge < -0.3 is 42.1 Å². The van der Waals surface area contributed by atoms with Gasteiger partial charge in [0.1, 0.15) is 0 Å². The smallest absolute Gasteiger partial charge is 0.356 e. The predicted octanol–water partition coefficient (Wildman–Crippen LogP) is -1.46. The predicted molar refractivity (Wildman–Crippen MR) is 34.5 cm³/mol. The van der Waals surface area contributed by atoms with Crippen LogP contribution < -0.4 is 11.5 Å². The van der Waals surface area contributed by atoms with Gasteiger partial charge in [0.05, 0.1) is 10.2 Å². The topological polar surface area (TPSA) is 202 Å². The Bertz CT molecular complexity index is 118. The number of urea groups is 1. The van der Waals surface area contributed by atoms with Crippen LogP contribution in [0.5, 0.6) is 0 Å². The average Bonchev–Trinajstić information content (AvgIpc) is 1.54. The van der Waals surface area contributed by atoms with Gasteiger partial charge in [-0.25, -0.2) is 4.79 Å². The van der Waals surface area contributed by atoms with Crippen molar-refractivity contribution in [3.05, 3.63) is 30.6 Å². The second kappa shape index (κ2) is 16.7. The Morgan fingerprint density at radius 3 is 0.923 bits per heavy atom. The number of nitrogens with two attached hydrogens (primary N) is 2.